The molecule has 0 saturated heterocycles. The third-order valence-corrected chi connectivity index (χ3v) is 4.44. The number of phenols is 1. The van der Waals surface area contributed by atoms with Crippen LogP contribution in [0, 0.1) is 4.91 Å². The number of phenolic OH excluding ortho intramolecular Hbond substituents is 1. The van der Waals surface area contributed by atoms with Crippen LogP contribution in [0.4, 0.5) is 5.69 Å². The van der Waals surface area contributed by atoms with Crippen molar-refractivity contribution in [1.82, 2.24) is 0 Å². The molecule has 0 atom stereocenters. The maximum absolute atomic E-state index is 11.3. The van der Waals surface area contributed by atoms with Crippen molar-refractivity contribution in [1.29, 1.82) is 0 Å². The summed E-state index contributed by atoms with van der Waals surface area (Å²) in [6.07, 6.45) is 0. The van der Waals surface area contributed by atoms with Gasteiger partial charge in [-0.3, -0.25) is 9.11 Å². The minimum absolute atomic E-state index is 0.230. The van der Waals surface area contributed by atoms with Gasteiger partial charge in [-0.25, -0.2) is 0 Å². The number of fused-ring (bicyclic) bond motifs is 1. The number of aromatic hydroxyl groups is 1. The Hall–Kier alpha value is -2.08. The Labute approximate surface area is 118 Å². The van der Waals surface area contributed by atoms with Crippen LogP contribution in [0.15, 0.2) is 39.2 Å². The van der Waals surface area contributed by atoms with Crippen molar-refractivity contribution in [3.8, 4) is 5.75 Å². The zero-order valence-electron chi connectivity index (χ0n) is 9.96. The molecule has 0 spiro atoms. The second-order valence-electron chi connectivity index (χ2n) is 3.99. The molecule has 0 fully saturated rings. The fraction of sp³-hybridized carbons (Fsp3) is 0. The molecule has 2 aromatic rings. The van der Waals surface area contributed by atoms with Gasteiger partial charge in [0.2, 0.25) is 0 Å². The highest BCUT2D eigenvalue weighted by Crippen LogP contribution is 2.39. The van der Waals surface area contributed by atoms with Gasteiger partial charge in [-0.2, -0.15) is 16.8 Å². The molecule has 112 valence electrons. The highest BCUT2D eigenvalue weighted by molar-refractivity contribution is 7.86. The zero-order valence-corrected chi connectivity index (χ0v) is 11.6. The molecule has 0 aliphatic heterocycles. The van der Waals surface area contributed by atoms with Gasteiger partial charge >= 0.3 is 0 Å². The highest BCUT2D eigenvalue weighted by Gasteiger charge is 2.22. The van der Waals surface area contributed by atoms with Gasteiger partial charge in [0.25, 0.3) is 20.2 Å². The highest BCUT2D eigenvalue weighted by atomic mass is 32.2. The van der Waals surface area contributed by atoms with Gasteiger partial charge < -0.3 is 5.11 Å². The first-order valence-electron chi connectivity index (χ1n) is 5.14. The summed E-state index contributed by atoms with van der Waals surface area (Å²) < 4.78 is 62.8. The molecule has 2 aromatic carbocycles. The quantitative estimate of drug-likeness (QED) is 0.562. The Morgan fingerprint density at radius 3 is 2.00 bits per heavy atom. The normalized spacial score (nSPS) is 12.5. The largest absolute Gasteiger partial charge is 0.505 e. The predicted octanol–water partition coefficient (Wildman–Crippen LogP) is 1.44. The Morgan fingerprint density at radius 2 is 1.52 bits per heavy atom. The topological polar surface area (TPSA) is 158 Å². The molecule has 0 heterocycles. The third-order valence-electron chi connectivity index (χ3n) is 2.70. The van der Waals surface area contributed by atoms with E-state index >= 15 is 0 Å². The van der Waals surface area contributed by atoms with Crippen molar-refractivity contribution in [2.45, 2.75) is 9.79 Å². The Balaban J connectivity index is 3.06. The van der Waals surface area contributed by atoms with Crippen LogP contribution in [0.3, 0.4) is 0 Å². The van der Waals surface area contributed by atoms with E-state index in [1.54, 1.807) is 0 Å². The average molecular weight is 333 g/mol. The molecule has 0 saturated carbocycles. The maximum Gasteiger partial charge on any atom is 0.295 e. The van der Waals surface area contributed by atoms with Crippen LogP contribution >= 0.6 is 0 Å². The second-order valence-corrected chi connectivity index (χ2v) is 6.80. The summed E-state index contributed by atoms with van der Waals surface area (Å²) in [5.74, 6) is -0.686. The van der Waals surface area contributed by atoms with Gasteiger partial charge in [0.15, 0.2) is 11.4 Å². The summed E-state index contributed by atoms with van der Waals surface area (Å²) in [5.41, 5.74) is -0.644. The lowest BCUT2D eigenvalue weighted by Gasteiger charge is -2.08. The number of rotatable bonds is 3. The Bertz CT molecular complexity index is 962. The van der Waals surface area contributed by atoms with Gasteiger partial charge in [-0.15, -0.1) is 4.91 Å². The minimum Gasteiger partial charge on any atom is -0.505 e. The van der Waals surface area contributed by atoms with Gasteiger partial charge in [0, 0.05) is 10.8 Å². The molecule has 0 bridgehead atoms. The molecule has 0 aliphatic carbocycles. The van der Waals surface area contributed by atoms with E-state index in [0.29, 0.717) is 6.07 Å². The van der Waals surface area contributed by atoms with Crippen molar-refractivity contribution in [3.05, 3.63) is 29.2 Å². The van der Waals surface area contributed by atoms with E-state index < -0.39 is 46.9 Å². The standard InChI is InChI=1S/C10H7NO8S2/c12-10-6-2-1-5(20(14,15)16)3-7(6)9(21(17,18)19)4-8(10)11-13/h1-4,12H,(H,14,15,16)(H,17,18,19). The fourth-order valence-electron chi connectivity index (χ4n) is 1.79. The first-order chi connectivity index (χ1) is 9.55. The lowest BCUT2D eigenvalue weighted by atomic mass is 10.1. The summed E-state index contributed by atoms with van der Waals surface area (Å²) in [6.45, 7) is 0. The zero-order chi connectivity index (χ0) is 16.0. The van der Waals surface area contributed by atoms with E-state index in [1.807, 2.05) is 0 Å². The van der Waals surface area contributed by atoms with Gasteiger partial charge in [0.05, 0.1) is 4.90 Å². The van der Waals surface area contributed by atoms with E-state index in [0.717, 1.165) is 18.2 Å². The number of benzene rings is 2. The van der Waals surface area contributed by atoms with Crippen molar-refractivity contribution in [2.24, 2.45) is 5.18 Å². The number of hydrogen-bond donors (Lipinski definition) is 3. The van der Waals surface area contributed by atoms with Crippen molar-refractivity contribution in [3.63, 3.8) is 0 Å². The number of nitrogens with zero attached hydrogens (tertiary/aromatic N) is 1. The molecule has 2 rings (SSSR count). The van der Waals surface area contributed by atoms with E-state index in [-0.39, 0.29) is 5.39 Å². The third kappa shape index (κ3) is 2.71. The van der Waals surface area contributed by atoms with Crippen LogP contribution in [0.2, 0.25) is 0 Å². The van der Waals surface area contributed by atoms with Crippen LogP contribution in [0.25, 0.3) is 10.8 Å². The second kappa shape index (κ2) is 4.73. The summed E-state index contributed by atoms with van der Waals surface area (Å²) in [7, 11) is -9.46. The fourth-order valence-corrected chi connectivity index (χ4v) is 3.00. The molecular formula is C10H7NO8S2. The molecule has 0 unspecified atom stereocenters. The number of hydrogen-bond acceptors (Lipinski definition) is 7. The summed E-state index contributed by atoms with van der Waals surface area (Å²) in [6, 6.07) is 3.19. The first kappa shape index (κ1) is 15.3. The first-order valence-corrected chi connectivity index (χ1v) is 8.02. The molecule has 11 heteroatoms. The lowest BCUT2D eigenvalue weighted by molar-refractivity contribution is 0.477. The average Bonchev–Trinajstić information content (AvgIpc) is 2.36. The maximum atomic E-state index is 11.3. The SMILES string of the molecule is O=Nc1cc(S(=O)(=O)O)c2cc(S(=O)(=O)O)ccc2c1O. The van der Waals surface area contributed by atoms with Crippen molar-refractivity contribution < 1.29 is 31.0 Å². The van der Waals surface area contributed by atoms with Crippen LogP contribution in [-0.4, -0.2) is 31.0 Å². The minimum atomic E-state index is -4.83. The van der Waals surface area contributed by atoms with E-state index in [9.17, 15) is 26.8 Å². The molecule has 0 radical (unpaired) electrons. The van der Waals surface area contributed by atoms with E-state index in [4.69, 9.17) is 9.11 Å². The van der Waals surface area contributed by atoms with E-state index in [1.165, 1.54) is 0 Å². The predicted molar refractivity (Wildman–Crippen MR) is 70.7 cm³/mol. The van der Waals surface area contributed by atoms with Gasteiger partial charge in [-0.1, -0.05) is 0 Å². The molecule has 0 aliphatic rings. The lowest BCUT2D eigenvalue weighted by Crippen LogP contribution is -2.02. The van der Waals surface area contributed by atoms with E-state index in [2.05, 4.69) is 5.18 Å². The summed E-state index contributed by atoms with van der Waals surface area (Å²) in [4.78, 5) is 9.08. The van der Waals surface area contributed by atoms with Crippen LogP contribution < -0.4 is 0 Å². The molecule has 0 aromatic heterocycles. The summed E-state index contributed by atoms with van der Waals surface area (Å²) >= 11 is 0. The Morgan fingerprint density at radius 1 is 0.905 bits per heavy atom. The van der Waals surface area contributed by atoms with Crippen molar-refractivity contribution in [2.75, 3.05) is 0 Å². The number of nitroso groups, excluding NO2 is 1. The Kier molecular flexibility index (Phi) is 3.45. The van der Waals surface area contributed by atoms with Crippen LogP contribution in [-0.2, 0) is 20.2 Å². The molecule has 3 N–H and O–H groups in total. The molecule has 0 amide bonds. The van der Waals surface area contributed by atoms with Crippen LogP contribution in [0.5, 0.6) is 5.75 Å². The smallest absolute Gasteiger partial charge is 0.295 e. The van der Waals surface area contributed by atoms with Crippen LogP contribution in [0.1, 0.15) is 0 Å². The monoisotopic (exact) mass is 333 g/mol. The van der Waals surface area contributed by atoms with Gasteiger partial charge in [0.1, 0.15) is 4.90 Å². The molecule has 21 heavy (non-hydrogen) atoms. The molecule has 9 nitrogen and oxygen atoms in total. The molecular weight excluding hydrogens is 326 g/mol. The van der Waals surface area contributed by atoms with Crippen molar-refractivity contribution >= 4 is 36.7 Å². The van der Waals surface area contributed by atoms with Gasteiger partial charge in [-0.05, 0) is 29.4 Å². The summed E-state index contributed by atoms with van der Waals surface area (Å²) in [5, 5.41) is 11.6.